The van der Waals surface area contributed by atoms with Crippen LogP contribution in [0.25, 0.3) is 33.3 Å². The Labute approximate surface area is 193 Å². The maximum absolute atomic E-state index is 11.6. The minimum atomic E-state index is 0.114. The first kappa shape index (κ1) is 20.1. The predicted molar refractivity (Wildman–Crippen MR) is 130 cm³/mol. The van der Waals surface area contributed by atoms with Crippen LogP contribution < -0.4 is 0 Å². The number of likely N-dealkylation sites (tertiary alicyclic amines) is 1. The van der Waals surface area contributed by atoms with Crippen LogP contribution in [0.1, 0.15) is 24.8 Å². The number of carbonyl (C=O) groups excluding carboxylic acids is 1. The maximum Gasteiger partial charge on any atom is 0.123 e. The molecular weight excluding hydrogens is 410 g/mol. The second kappa shape index (κ2) is 8.12. The van der Waals surface area contributed by atoms with Crippen molar-refractivity contribution < 1.29 is 4.79 Å². The molecule has 1 fully saturated rings. The van der Waals surface area contributed by atoms with Crippen LogP contribution in [0.2, 0.25) is 0 Å². The van der Waals surface area contributed by atoms with E-state index < -0.39 is 0 Å². The molecule has 6 heteroatoms. The first-order chi connectivity index (χ1) is 16.2. The summed E-state index contributed by atoms with van der Waals surface area (Å²) in [5.74, 6) is 0.114. The van der Waals surface area contributed by atoms with Gasteiger partial charge < -0.3 is 4.79 Å². The molecule has 4 heterocycles. The molecule has 33 heavy (non-hydrogen) atoms. The summed E-state index contributed by atoms with van der Waals surface area (Å²) >= 11 is 0. The fraction of sp³-hybridized carbons (Fsp3) is 0.296. The van der Waals surface area contributed by atoms with Gasteiger partial charge in [-0.3, -0.25) is 9.58 Å². The van der Waals surface area contributed by atoms with Crippen molar-refractivity contribution in [2.75, 3.05) is 13.1 Å². The molecule has 166 valence electrons. The van der Waals surface area contributed by atoms with Crippen molar-refractivity contribution in [3.8, 4) is 22.3 Å². The highest BCUT2D eigenvalue weighted by atomic mass is 16.1. The Morgan fingerprint density at radius 3 is 2.48 bits per heavy atom. The second-order valence-electron chi connectivity index (χ2n) is 9.19. The Balaban J connectivity index is 1.43. The SMILES string of the molecule is Cn1cc(-c2ccc(-c3cnn4cccc(C5=CCC(C=O)CC5N5CCC5)c34)cc2)cn1. The summed E-state index contributed by atoms with van der Waals surface area (Å²) < 4.78 is 3.81. The van der Waals surface area contributed by atoms with Gasteiger partial charge in [0.25, 0.3) is 0 Å². The molecule has 1 aliphatic carbocycles. The smallest absolute Gasteiger partial charge is 0.123 e. The van der Waals surface area contributed by atoms with Crippen molar-refractivity contribution >= 4 is 17.4 Å². The van der Waals surface area contributed by atoms with Crippen LogP contribution in [0.4, 0.5) is 0 Å². The molecule has 0 amide bonds. The lowest BCUT2D eigenvalue weighted by molar-refractivity contribution is -0.111. The minimum absolute atomic E-state index is 0.114. The molecule has 1 saturated heterocycles. The Hall–Kier alpha value is -3.51. The molecule has 0 bridgehead atoms. The lowest BCUT2D eigenvalue weighted by atomic mass is 9.81. The van der Waals surface area contributed by atoms with Crippen molar-refractivity contribution in [1.29, 1.82) is 0 Å². The fourth-order valence-electron chi connectivity index (χ4n) is 5.22. The van der Waals surface area contributed by atoms with Gasteiger partial charge in [-0.1, -0.05) is 36.4 Å². The van der Waals surface area contributed by atoms with Crippen molar-refractivity contribution in [3.05, 3.63) is 72.8 Å². The van der Waals surface area contributed by atoms with Crippen molar-refractivity contribution in [3.63, 3.8) is 0 Å². The highest BCUT2D eigenvalue weighted by molar-refractivity contribution is 5.92. The molecule has 2 atom stereocenters. The van der Waals surface area contributed by atoms with E-state index in [0.717, 1.165) is 60.0 Å². The number of aryl methyl sites for hydroxylation is 1. The van der Waals surface area contributed by atoms with E-state index in [2.05, 4.69) is 57.6 Å². The zero-order valence-corrected chi connectivity index (χ0v) is 18.8. The number of carbonyl (C=O) groups is 1. The minimum Gasteiger partial charge on any atom is -0.303 e. The molecule has 2 unspecified atom stereocenters. The quantitative estimate of drug-likeness (QED) is 0.433. The van der Waals surface area contributed by atoms with Gasteiger partial charge in [0.05, 0.1) is 17.9 Å². The number of hydrogen-bond acceptors (Lipinski definition) is 4. The topological polar surface area (TPSA) is 55.4 Å². The van der Waals surface area contributed by atoms with Gasteiger partial charge in [-0.05, 0) is 55.1 Å². The number of aromatic nitrogens is 4. The van der Waals surface area contributed by atoms with E-state index in [1.54, 1.807) is 0 Å². The molecule has 6 nitrogen and oxygen atoms in total. The summed E-state index contributed by atoms with van der Waals surface area (Å²) in [6.45, 7) is 2.22. The highest BCUT2D eigenvalue weighted by Crippen LogP contribution is 2.39. The molecule has 0 radical (unpaired) electrons. The third-order valence-electron chi connectivity index (χ3n) is 7.14. The number of rotatable bonds is 5. The average molecular weight is 438 g/mol. The predicted octanol–water partition coefficient (Wildman–Crippen LogP) is 4.47. The third kappa shape index (κ3) is 3.51. The van der Waals surface area contributed by atoms with Gasteiger partial charge in [0.1, 0.15) is 6.29 Å². The van der Waals surface area contributed by atoms with Crippen LogP contribution in [0.15, 0.2) is 67.3 Å². The number of fused-ring (bicyclic) bond motifs is 1. The maximum atomic E-state index is 11.6. The lowest BCUT2D eigenvalue weighted by Gasteiger charge is -2.42. The Morgan fingerprint density at radius 1 is 0.970 bits per heavy atom. The monoisotopic (exact) mass is 437 g/mol. The number of benzene rings is 1. The second-order valence-corrected chi connectivity index (χ2v) is 9.19. The van der Waals surface area contributed by atoms with Gasteiger partial charge in [-0.25, -0.2) is 4.52 Å². The molecular formula is C27H27N5O. The molecule has 0 spiro atoms. The van der Waals surface area contributed by atoms with E-state index in [1.807, 2.05) is 41.0 Å². The van der Waals surface area contributed by atoms with Crippen LogP contribution in [-0.2, 0) is 11.8 Å². The van der Waals surface area contributed by atoms with Gasteiger partial charge in [0.15, 0.2) is 0 Å². The molecule has 4 aromatic rings. The summed E-state index contributed by atoms with van der Waals surface area (Å²) in [4.78, 5) is 14.1. The summed E-state index contributed by atoms with van der Waals surface area (Å²) in [6.07, 6.45) is 14.3. The van der Waals surface area contributed by atoms with Gasteiger partial charge in [-0.2, -0.15) is 10.2 Å². The molecule has 1 aliphatic heterocycles. The lowest BCUT2D eigenvalue weighted by Crippen LogP contribution is -2.47. The zero-order chi connectivity index (χ0) is 22.4. The number of aldehydes is 1. The molecule has 3 aromatic heterocycles. The summed E-state index contributed by atoms with van der Waals surface area (Å²) in [6, 6.07) is 13.2. The number of pyridine rings is 1. The van der Waals surface area contributed by atoms with Gasteiger partial charge in [0, 0.05) is 48.1 Å². The van der Waals surface area contributed by atoms with Gasteiger partial charge in [-0.15, -0.1) is 0 Å². The normalized spacial score (nSPS) is 21.1. The van der Waals surface area contributed by atoms with E-state index in [4.69, 9.17) is 0 Å². The zero-order valence-electron chi connectivity index (χ0n) is 18.8. The van der Waals surface area contributed by atoms with Crippen LogP contribution >= 0.6 is 0 Å². The van der Waals surface area contributed by atoms with Crippen molar-refractivity contribution in [2.24, 2.45) is 13.0 Å². The average Bonchev–Trinajstić information content (AvgIpc) is 3.44. The van der Waals surface area contributed by atoms with Crippen LogP contribution in [0.3, 0.4) is 0 Å². The van der Waals surface area contributed by atoms with Crippen molar-refractivity contribution in [2.45, 2.75) is 25.3 Å². The van der Waals surface area contributed by atoms with Crippen molar-refractivity contribution in [1.82, 2.24) is 24.3 Å². The summed E-state index contributed by atoms with van der Waals surface area (Å²) in [5.41, 5.74) is 8.23. The van der Waals surface area contributed by atoms with Gasteiger partial charge >= 0.3 is 0 Å². The third-order valence-corrected chi connectivity index (χ3v) is 7.14. The molecule has 6 rings (SSSR count). The first-order valence-electron chi connectivity index (χ1n) is 11.7. The van der Waals surface area contributed by atoms with E-state index in [9.17, 15) is 4.79 Å². The molecule has 0 N–H and O–H groups in total. The fourth-order valence-corrected chi connectivity index (χ4v) is 5.22. The summed E-state index contributed by atoms with van der Waals surface area (Å²) in [7, 11) is 1.93. The van der Waals surface area contributed by atoms with E-state index in [1.165, 1.54) is 17.6 Å². The number of allylic oxidation sites excluding steroid dienone is 1. The van der Waals surface area contributed by atoms with Gasteiger partial charge in [0.2, 0.25) is 0 Å². The van der Waals surface area contributed by atoms with E-state index in [0.29, 0.717) is 6.04 Å². The Bertz CT molecular complexity index is 1340. The molecule has 2 aliphatic rings. The number of nitrogens with zero attached hydrogens (tertiary/aromatic N) is 5. The summed E-state index contributed by atoms with van der Waals surface area (Å²) in [5, 5.41) is 8.96. The van der Waals surface area contributed by atoms with Crippen LogP contribution in [0.5, 0.6) is 0 Å². The largest absolute Gasteiger partial charge is 0.303 e. The first-order valence-corrected chi connectivity index (χ1v) is 11.7. The standard InChI is InChI=1S/C27H27N5O/c1-30-17-22(15-28-30)20-6-8-21(9-7-20)25-16-29-32-13-2-4-24(27(25)32)23-10-5-19(18-33)14-26(23)31-11-3-12-31/h2,4,6-10,13,15-19,26H,3,5,11-12,14H2,1H3. The van der Waals surface area contributed by atoms with E-state index >= 15 is 0 Å². The molecule has 1 aromatic carbocycles. The number of hydrogen-bond donors (Lipinski definition) is 0. The van der Waals surface area contributed by atoms with E-state index in [-0.39, 0.29) is 5.92 Å². The molecule has 0 saturated carbocycles. The van der Waals surface area contributed by atoms with Crippen LogP contribution in [0, 0.1) is 5.92 Å². The Morgan fingerprint density at radius 2 is 1.79 bits per heavy atom. The Kier molecular flexibility index (Phi) is 4.95. The highest BCUT2D eigenvalue weighted by Gasteiger charge is 2.33. The van der Waals surface area contributed by atoms with Crippen LogP contribution in [-0.4, -0.2) is 49.7 Å².